The molecule has 1 N–H and O–H groups in total. The molecule has 1 aliphatic heterocycles. The Morgan fingerprint density at radius 1 is 1.09 bits per heavy atom. The number of aryl methyl sites for hydroxylation is 2. The number of fused-ring (bicyclic) bond motifs is 1. The highest BCUT2D eigenvalue weighted by Gasteiger charge is 2.36. The molecule has 33 heavy (non-hydrogen) atoms. The Hall–Kier alpha value is -3.52. The molecule has 2 aromatic carbocycles. The third-order valence-corrected chi connectivity index (χ3v) is 6.35. The van der Waals surface area contributed by atoms with Crippen molar-refractivity contribution in [1.29, 1.82) is 0 Å². The number of carbonyl (C=O) groups is 3. The summed E-state index contributed by atoms with van der Waals surface area (Å²) in [6.07, 6.45) is 0. The first-order chi connectivity index (χ1) is 15.7. The number of methoxy groups -OCH3 is 1. The highest BCUT2D eigenvalue weighted by atomic mass is 32.1. The second-order valence-electron chi connectivity index (χ2n) is 8.44. The van der Waals surface area contributed by atoms with Gasteiger partial charge in [-0.3, -0.25) is 24.6 Å². The van der Waals surface area contributed by atoms with E-state index >= 15 is 0 Å². The molecule has 0 unspecified atom stereocenters. The minimum Gasteiger partial charge on any atom is -0.496 e. The maximum Gasteiger partial charge on any atom is 0.261 e. The molecule has 1 aromatic heterocycles. The number of rotatable bonds is 6. The molecule has 0 atom stereocenters. The van der Waals surface area contributed by atoms with Gasteiger partial charge >= 0.3 is 0 Å². The number of ether oxygens (including phenoxy) is 1. The van der Waals surface area contributed by atoms with Crippen LogP contribution in [-0.2, 0) is 0 Å². The SMILES string of the molecule is COc1ccc(-c2nc(NC(=O)c3ccc4c(c3)C(=O)N(CC(C)C)C4=O)sc2C)cc1C. The smallest absolute Gasteiger partial charge is 0.261 e. The molecular formula is C25H25N3O4S. The zero-order valence-corrected chi connectivity index (χ0v) is 20.0. The van der Waals surface area contributed by atoms with Gasteiger partial charge in [-0.15, -0.1) is 11.3 Å². The molecule has 0 radical (unpaired) electrons. The number of hydrogen-bond acceptors (Lipinski definition) is 6. The minimum absolute atomic E-state index is 0.159. The molecule has 0 saturated heterocycles. The number of nitrogens with one attached hydrogen (secondary N) is 1. The second-order valence-corrected chi connectivity index (χ2v) is 9.64. The Morgan fingerprint density at radius 2 is 1.82 bits per heavy atom. The van der Waals surface area contributed by atoms with Gasteiger partial charge in [0.15, 0.2) is 5.13 Å². The van der Waals surface area contributed by atoms with Crippen LogP contribution in [0.15, 0.2) is 36.4 Å². The number of aromatic nitrogens is 1. The van der Waals surface area contributed by atoms with Gasteiger partial charge in [-0.05, 0) is 61.7 Å². The van der Waals surface area contributed by atoms with Gasteiger partial charge < -0.3 is 4.74 Å². The lowest BCUT2D eigenvalue weighted by Crippen LogP contribution is -2.33. The number of nitrogens with zero attached hydrogens (tertiary/aromatic N) is 2. The topological polar surface area (TPSA) is 88.6 Å². The average Bonchev–Trinajstić information content (AvgIpc) is 3.25. The van der Waals surface area contributed by atoms with Crippen LogP contribution in [0.25, 0.3) is 11.3 Å². The van der Waals surface area contributed by atoms with E-state index in [1.807, 2.05) is 45.9 Å². The largest absolute Gasteiger partial charge is 0.496 e. The van der Waals surface area contributed by atoms with Crippen LogP contribution in [0.3, 0.4) is 0 Å². The number of hydrogen-bond donors (Lipinski definition) is 1. The van der Waals surface area contributed by atoms with Gasteiger partial charge in [0.2, 0.25) is 0 Å². The summed E-state index contributed by atoms with van der Waals surface area (Å²) in [5, 5.41) is 3.28. The summed E-state index contributed by atoms with van der Waals surface area (Å²) in [6, 6.07) is 10.4. The summed E-state index contributed by atoms with van der Waals surface area (Å²) in [5.74, 6) is -0.0959. The maximum atomic E-state index is 12.9. The number of imide groups is 1. The Kier molecular flexibility index (Phi) is 6.03. The molecule has 0 spiro atoms. The molecule has 0 aliphatic carbocycles. The zero-order valence-electron chi connectivity index (χ0n) is 19.2. The third-order valence-electron chi connectivity index (χ3n) is 5.47. The molecule has 4 rings (SSSR count). The van der Waals surface area contributed by atoms with Crippen LogP contribution >= 0.6 is 11.3 Å². The van der Waals surface area contributed by atoms with Crippen molar-refractivity contribution in [2.24, 2.45) is 5.92 Å². The third kappa shape index (κ3) is 4.26. The highest BCUT2D eigenvalue weighted by molar-refractivity contribution is 7.16. The quantitative estimate of drug-likeness (QED) is 0.523. The number of thiazole rings is 1. The first kappa shape index (κ1) is 22.7. The molecule has 8 heteroatoms. The van der Waals surface area contributed by atoms with Crippen LogP contribution in [0.2, 0.25) is 0 Å². The fourth-order valence-corrected chi connectivity index (χ4v) is 4.71. The Morgan fingerprint density at radius 3 is 2.48 bits per heavy atom. The van der Waals surface area contributed by atoms with Gasteiger partial charge in [0.1, 0.15) is 5.75 Å². The summed E-state index contributed by atoms with van der Waals surface area (Å²) in [4.78, 5) is 44.9. The van der Waals surface area contributed by atoms with E-state index in [1.54, 1.807) is 19.2 Å². The average molecular weight is 464 g/mol. The van der Waals surface area contributed by atoms with Crippen LogP contribution in [0.5, 0.6) is 5.75 Å². The lowest BCUT2D eigenvalue weighted by molar-refractivity contribution is 0.0636. The monoisotopic (exact) mass is 463 g/mol. The summed E-state index contributed by atoms with van der Waals surface area (Å²) in [7, 11) is 1.63. The summed E-state index contributed by atoms with van der Waals surface area (Å²) < 4.78 is 5.32. The van der Waals surface area contributed by atoms with Gasteiger partial charge in [0.05, 0.1) is 23.9 Å². The summed E-state index contributed by atoms with van der Waals surface area (Å²) in [5.41, 5.74) is 3.62. The van der Waals surface area contributed by atoms with Gasteiger partial charge in [-0.1, -0.05) is 13.8 Å². The predicted molar refractivity (Wildman–Crippen MR) is 128 cm³/mol. The Labute approximate surface area is 196 Å². The molecular weight excluding hydrogens is 438 g/mol. The molecule has 170 valence electrons. The van der Waals surface area contributed by atoms with Crippen LogP contribution in [0.4, 0.5) is 5.13 Å². The van der Waals surface area contributed by atoms with E-state index in [2.05, 4.69) is 10.3 Å². The second kappa shape index (κ2) is 8.78. The van der Waals surface area contributed by atoms with E-state index in [1.165, 1.54) is 22.3 Å². The van der Waals surface area contributed by atoms with Crippen LogP contribution < -0.4 is 10.1 Å². The first-order valence-corrected chi connectivity index (χ1v) is 11.4. The van der Waals surface area contributed by atoms with Crippen molar-refractivity contribution < 1.29 is 19.1 Å². The van der Waals surface area contributed by atoms with Crippen molar-refractivity contribution in [3.05, 3.63) is 63.5 Å². The van der Waals surface area contributed by atoms with Gasteiger partial charge in [-0.2, -0.15) is 0 Å². The van der Waals surface area contributed by atoms with Crippen LogP contribution in [0.1, 0.15) is 55.4 Å². The van der Waals surface area contributed by atoms with Crippen molar-refractivity contribution in [3.8, 4) is 17.0 Å². The lowest BCUT2D eigenvalue weighted by Gasteiger charge is -2.15. The predicted octanol–water partition coefficient (Wildman–Crippen LogP) is 4.94. The Balaban J connectivity index is 1.55. The molecule has 0 saturated carbocycles. The maximum absolute atomic E-state index is 12.9. The summed E-state index contributed by atoms with van der Waals surface area (Å²) >= 11 is 1.38. The summed E-state index contributed by atoms with van der Waals surface area (Å²) in [6.45, 7) is 8.15. The fourth-order valence-electron chi connectivity index (χ4n) is 3.88. The molecule has 7 nitrogen and oxygen atoms in total. The van der Waals surface area contributed by atoms with E-state index in [-0.39, 0.29) is 29.2 Å². The van der Waals surface area contributed by atoms with E-state index in [9.17, 15) is 14.4 Å². The van der Waals surface area contributed by atoms with Crippen LogP contribution in [-0.4, -0.2) is 41.3 Å². The lowest BCUT2D eigenvalue weighted by atomic mass is 10.1. The van der Waals surface area contributed by atoms with Crippen molar-refractivity contribution in [3.63, 3.8) is 0 Å². The van der Waals surface area contributed by atoms with E-state index in [0.717, 1.165) is 27.4 Å². The molecule has 3 aromatic rings. The zero-order chi connectivity index (χ0) is 23.9. The van der Waals surface area contributed by atoms with Crippen molar-refractivity contribution in [1.82, 2.24) is 9.88 Å². The van der Waals surface area contributed by atoms with Crippen molar-refractivity contribution >= 4 is 34.2 Å². The normalized spacial score (nSPS) is 13.0. The molecule has 0 bridgehead atoms. The Bertz CT molecular complexity index is 1280. The van der Waals surface area contributed by atoms with Crippen molar-refractivity contribution in [2.45, 2.75) is 27.7 Å². The number of amides is 3. The van der Waals surface area contributed by atoms with E-state index < -0.39 is 0 Å². The van der Waals surface area contributed by atoms with E-state index in [4.69, 9.17) is 4.74 Å². The molecule has 1 aliphatic rings. The highest BCUT2D eigenvalue weighted by Crippen LogP contribution is 2.33. The van der Waals surface area contributed by atoms with Crippen LogP contribution in [0, 0.1) is 19.8 Å². The fraction of sp³-hybridized carbons (Fsp3) is 0.280. The minimum atomic E-state index is -0.383. The standard InChI is InChI=1S/C25H25N3O4S/c1-13(2)12-28-23(30)18-8-6-17(11-19(18)24(28)31)22(29)27-25-26-21(15(4)33-25)16-7-9-20(32-5)14(3)10-16/h6-11,13H,12H2,1-5H3,(H,26,27,29). The molecule has 3 amide bonds. The molecule has 0 fully saturated rings. The van der Waals surface area contributed by atoms with Gasteiger partial charge in [0, 0.05) is 22.5 Å². The van der Waals surface area contributed by atoms with Gasteiger partial charge in [-0.25, -0.2) is 4.98 Å². The number of anilines is 1. The number of benzene rings is 2. The first-order valence-electron chi connectivity index (χ1n) is 10.6. The number of carbonyl (C=O) groups excluding carboxylic acids is 3. The van der Waals surface area contributed by atoms with E-state index in [0.29, 0.717) is 22.8 Å². The molecule has 2 heterocycles. The van der Waals surface area contributed by atoms with Crippen molar-refractivity contribution in [2.75, 3.05) is 19.0 Å². The van der Waals surface area contributed by atoms with Gasteiger partial charge in [0.25, 0.3) is 17.7 Å².